The van der Waals surface area contributed by atoms with E-state index in [4.69, 9.17) is 0 Å². The molecule has 1 N–H and O–H groups in total. The van der Waals surface area contributed by atoms with Crippen molar-refractivity contribution < 1.29 is 4.79 Å². The molecule has 5 heteroatoms. The highest BCUT2D eigenvalue weighted by Gasteiger charge is 2.23. The number of nitrogens with one attached hydrogen (secondary N) is 1. The Morgan fingerprint density at radius 1 is 0.857 bits per heavy atom. The third kappa shape index (κ3) is 2.89. The van der Waals surface area contributed by atoms with Crippen LogP contribution in [0.4, 0.5) is 5.69 Å². The second kappa shape index (κ2) is 6.63. The Labute approximate surface area is 162 Å². The summed E-state index contributed by atoms with van der Waals surface area (Å²) in [6, 6.07) is 25.5. The number of benzene rings is 3. The predicted octanol–water partition coefficient (Wildman–Crippen LogP) is 4.43. The molecular weight excluding hydrogens is 348 g/mol. The standard InChI is InChI=1S/C23H16N4O/c28-23-20(19-8-4-5-9-21(19)24-23)14-16-10-12-17(13-11-16)22-15-27(26-25-22)18-6-2-1-3-7-18/h1-15H,(H,24,28). The van der Waals surface area contributed by atoms with E-state index in [1.165, 1.54) is 0 Å². The minimum Gasteiger partial charge on any atom is -0.321 e. The molecule has 1 aliphatic heterocycles. The Balaban J connectivity index is 1.43. The van der Waals surface area contributed by atoms with Gasteiger partial charge in [-0.25, -0.2) is 4.68 Å². The lowest BCUT2D eigenvalue weighted by Gasteiger charge is -2.00. The third-order valence-electron chi connectivity index (χ3n) is 4.74. The lowest BCUT2D eigenvalue weighted by molar-refractivity contribution is -0.110. The Bertz CT molecular complexity index is 1190. The molecular formula is C23H16N4O. The summed E-state index contributed by atoms with van der Waals surface area (Å²) in [7, 11) is 0. The van der Waals surface area contributed by atoms with Crippen LogP contribution in [0.2, 0.25) is 0 Å². The summed E-state index contributed by atoms with van der Waals surface area (Å²) in [6.45, 7) is 0. The fraction of sp³-hybridized carbons (Fsp3) is 0. The highest BCUT2D eigenvalue weighted by Crippen LogP contribution is 2.32. The van der Waals surface area contributed by atoms with Crippen LogP contribution in [0, 0.1) is 0 Å². The molecule has 28 heavy (non-hydrogen) atoms. The zero-order valence-corrected chi connectivity index (χ0v) is 14.9. The first-order valence-electron chi connectivity index (χ1n) is 8.98. The van der Waals surface area contributed by atoms with E-state index in [2.05, 4.69) is 15.6 Å². The number of fused-ring (bicyclic) bond motifs is 1. The summed E-state index contributed by atoms with van der Waals surface area (Å²) in [5.41, 5.74) is 6.16. The quantitative estimate of drug-likeness (QED) is 0.547. The fourth-order valence-corrected chi connectivity index (χ4v) is 3.30. The smallest absolute Gasteiger partial charge is 0.256 e. The first kappa shape index (κ1) is 16.2. The van der Waals surface area contributed by atoms with Crippen LogP contribution in [0.3, 0.4) is 0 Å². The molecule has 4 aromatic rings. The molecule has 2 heterocycles. The Hall–Kier alpha value is -3.99. The molecule has 0 radical (unpaired) electrons. The van der Waals surface area contributed by atoms with Gasteiger partial charge in [0.15, 0.2) is 0 Å². The molecule has 0 unspecified atom stereocenters. The van der Waals surface area contributed by atoms with E-state index in [0.717, 1.165) is 33.8 Å². The van der Waals surface area contributed by atoms with Gasteiger partial charge in [-0.05, 0) is 29.8 Å². The predicted molar refractivity (Wildman–Crippen MR) is 110 cm³/mol. The molecule has 5 rings (SSSR count). The number of anilines is 1. The van der Waals surface area contributed by atoms with Crippen LogP contribution >= 0.6 is 0 Å². The second-order valence-electron chi connectivity index (χ2n) is 6.56. The highest BCUT2D eigenvalue weighted by molar-refractivity contribution is 6.34. The fourth-order valence-electron chi connectivity index (χ4n) is 3.30. The highest BCUT2D eigenvalue weighted by atomic mass is 16.2. The zero-order valence-electron chi connectivity index (χ0n) is 14.9. The Morgan fingerprint density at radius 2 is 1.61 bits per heavy atom. The van der Waals surface area contributed by atoms with E-state index in [1.807, 2.05) is 91.1 Å². The molecule has 0 saturated carbocycles. The topological polar surface area (TPSA) is 59.8 Å². The van der Waals surface area contributed by atoms with Gasteiger partial charge in [0.2, 0.25) is 0 Å². The average Bonchev–Trinajstić information content (AvgIpc) is 3.35. The molecule has 0 atom stereocenters. The molecule has 0 saturated heterocycles. The first-order chi connectivity index (χ1) is 13.8. The van der Waals surface area contributed by atoms with Crippen molar-refractivity contribution in [2.24, 2.45) is 0 Å². The number of hydrogen-bond donors (Lipinski definition) is 1. The molecule has 0 spiro atoms. The summed E-state index contributed by atoms with van der Waals surface area (Å²) in [6.07, 6.45) is 3.81. The van der Waals surface area contributed by atoms with Gasteiger partial charge < -0.3 is 5.32 Å². The molecule has 0 fully saturated rings. The van der Waals surface area contributed by atoms with Gasteiger partial charge in [-0.15, -0.1) is 5.10 Å². The van der Waals surface area contributed by atoms with E-state index < -0.39 is 0 Å². The second-order valence-corrected chi connectivity index (χ2v) is 6.56. The summed E-state index contributed by atoms with van der Waals surface area (Å²) in [5.74, 6) is -0.0731. The van der Waals surface area contributed by atoms with Crippen LogP contribution in [-0.2, 0) is 4.79 Å². The summed E-state index contributed by atoms with van der Waals surface area (Å²) in [5, 5.41) is 11.4. The molecule has 1 aromatic heterocycles. The van der Waals surface area contributed by atoms with Gasteiger partial charge in [-0.3, -0.25) is 4.79 Å². The number of nitrogens with zero attached hydrogens (tertiary/aromatic N) is 3. The van der Waals surface area contributed by atoms with Crippen molar-refractivity contribution in [3.05, 3.63) is 96.2 Å². The molecule has 1 aliphatic rings. The Morgan fingerprint density at radius 3 is 2.43 bits per heavy atom. The lowest BCUT2D eigenvalue weighted by Crippen LogP contribution is -2.03. The number of hydrogen-bond acceptors (Lipinski definition) is 3. The lowest BCUT2D eigenvalue weighted by atomic mass is 10.0. The van der Waals surface area contributed by atoms with Crippen molar-refractivity contribution in [3.8, 4) is 16.9 Å². The van der Waals surface area contributed by atoms with Gasteiger partial charge in [-0.1, -0.05) is 65.9 Å². The van der Waals surface area contributed by atoms with Gasteiger partial charge in [0.1, 0.15) is 5.69 Å². The van der Waals surface area contributed by atoms with Gasteiger partial charge >= 0.3 is 0 Å². The molecule has 0 aliphatic carbocycles. The van der Waals surface area contributed by atoms with Crippen molar-refractivity contribution in [1.82, 2.24) is 15.0 Å². The van der Waals surface area contributed by atoms with Crippen molar-refractivity contribution in [1.29, 1.82) is 0 Å². The van der Waals surface area contributed by atoms with E-state index in [1.54, 1.807) is 4.68 Å². The molecule has 1 amide bonds. The van der Waals surface area contributed by atoms with Crippen molar-refractivity contribution in [2.75, 3.05) is 5.32 Å². The number of amides is 1. The maximum atomic E-state index is 12.3. The Kier molecular flexibility index (Phi) is 3.84. The van der Waals surface area contributed by atoms with Crippen LogP contribution in [-0.4, -0.2) is 20.9 Å². The van der Waals surface area contributed by atoms with E-state index in [-0.39, 0.29) is 5.91 Å². The monoisotopic (exact) mass is 364 g/mol. The normalized spacial score (nSPS) is 14.1. The van der Waals surface area contributed by atoms with E-state index >= 15 is 0 Å². The van der Waals surface area contributed by atoms with Crippen LogP contribution in [0.5, 0.6) is 0 Å². The maximum Gasteiger partial charge on any atom is 0.256 e. The summed E-state index contributed by atoms with van der Waals surface area (Å²) < 4.78 is 1.75. The number of aromatic nitrogens is 3. The molecule has 5 nitrogen and oxygen atoms in total. The summed E-state index contributed by atoms with van der Waals surface area (Å²) in [4.78, 5) is 12.3. The first-order valence-corrected chi connectivity index (χ1v) is 8.98. The largest absolute Gasteiger partial charge is 0.321 e. The van der Waals surface area contributed by atoms with Crippen LogP contribution in [0.25, 0.3) is 28.6 Å². The van der Waals surface area contributed by atoms with Gasteiger partial charge in [0, 0.05) is 22.4 Å². The molecule has 134 valence electrons. The summed E-state index contributed by atoms with van der Waals surface area (Å²) >= 11 is 0. The molecule has 0 bridgehead atoms. The van der Waals surface area contributed by atoms with E-state index in [0.29, 0.717) is 5.57 Å². The molecule has 3 aromatic carbocycles. The van der Waals surface area contributed by atoms with Crippen LogP contribution < -0.4 is 5.32 Å². The third-order valence-corrected chi connectivity index (χ3v) is 4.74. The number of para-hydroxylation sites is 2. The minimum absolute atomic E-state index is 0.0731. The minimum atomic E-state index is -0.0731. The van der Waals surface area contributed by atoms with Gasteiger partial charge in [-0.2, -0.15) is 0 Å². The average molecular weight is 364 g/mol. The van der Waals surface area contributed by atoms with Crippen LogP contribution in [0.1, 0.15) is 11.1 Å². The van der Waals surface area contributed by atoms with Gasteiger partial charge in [0.25, 0.3) is 5.91 Å². The van der Waals surface area contributed by atoms with E-state index in [9.17, 15) is 4.79 Å². The van der Waals surface area contributed by atoms with Crippen molar-refractivity contribution >= 4 is 23.2 Å². The number of carbonyl (C=O) groups is 1. The number of rotatable bonds is 3. The SMILES string of the molecule is O=C1Nc2ccccc2C1=Cc1ccc(-c2cn(-c3ccccc3)nn2)cc1. The van der Waals surface area contributed by atoms with Crippen LogP contribution in [0.15, 0.2) is 85.1 Å². The van der Waals surface area contributed by atoms with Crippen molar-refractivity contribution in [2.45, 2.75) is 0 Å². The van der Waals surface area contributed by atoms with Gasteiger partial charge in [0.05, 0.1) is 11.9 Å². The van der Waals surface area contributed by atoms with Crippen molar-refractivity contribution in [3.63, 3.8) is 0 Å². The number of carbonyl (C=O) groups excluding carboxylic acids is 1. The zero-order chi connectivity index (χ0) is 18.9. The maximum absolute atomic E-state index is 12.3.